The summed E-state index contributed by atoms with van der Waals surface area (Å²) in [4.78, 5) is 49.6. The zero-order chi connectivity index (χ0) is 24.1. The smallest absolute Gasteiger partial charge is 0.341 e. The Hall–Kier alpha value is -3.31. The molecule has 0 radical (unpaired) electrons. The van der Waals surface area contributed by atoms with Crippen molar-refractivity contribution in [1.29, 1.82) is 0 Å². The van der Waals surface area contributed by atoms with E-state index in [-0.39, 0.29) is 32.6 Å². The van der Waals surface area contributed by atoms with Crippen molar-refractivity contribution in [2.75, 3.05) is 38.8 Å². The number of benzene rings is 1. The number of rotatable bonds is 7. The third-order valence-electron chi connectivity index (χ3n) is 4.48. The van der Waals surface area contributed by atoms with Crippen LogP contribution in [0.25, 0.3) is 0 Å². The Morgan fingerprint density at radius 2 is 1.85 bits per heavy atom. The molecule has 1 aliphatic heterocycles. The number of thiophene rings is 1. The number of nitrogens with one attached hydrogen (secondary N) is 2. The SMILES string of the molecule is CCOC(=O)c1c(NC(=O)COC(=O)c2cc(Cl)c3c(c2)OCCO3)sc(C(=O)NC)c1C. The molecular weight excluding hydrogens is 476 g/mol. The van der Waals surface area contributed by atoms with Crippen molar-refractivity contribution in [2.45, 2.75) is 13.8 Å². The molecular formula is C21H21ClN2O8S. The molecule has 1 aromatic carbocycles. The second-order valence-electron chi connectivity index (χ2n) is 6.67. The standard InChI is InChI=1S/C21H21ClN2O8S/c1-4-29-21(28)15-10(2)17(18(26)23-3)33-19(15)24-14(25)9-32-20(27)11-7-12(22)16-13(8-11)30-5-6-31-16/h7-8H,4-6,9H2,1-3H3,(H,23,26)(H,24,25). The van der Waals surface area contributed by atoms with Gasteiger partial charge in [-0.2, -0.15) is 0 Å². The number of amides is 2. The van der Waals surface area contributed by atoms with Crippen LogP contribution < -0.4 is 20.1 Å². The van der Waals surface area contributed by atoms with Crippen LogP contribution in [0.15, 0.2) is 12.1 Å². The summed E-state index contributed by atoms with van der Waals surface area (Å²) in [6, 6.07) is 2.77. The van der Waals surface area contributed by atoms with Gasteiger partial charge in [-0.05, 0) is 31.5 Å². The molecule has 10 nitrogen and oxygen atoms in total. The molecule has 2 heterocycles. The van der Waals surface area contributed by atoms with Gasteiger partial charge in [0.25, 0.3) is 11.8 Å². The van der Waals surface area contributed by atoms with E-state index in [0.29, 0.717) is 30.3 Å². The van der Waals surface area contributed by atoms with Gasteiger partial charge in [-0.3, -0.25) is 9.59 Å². The van der Waals surface area contributed by atoms with Gasteiger partial charge < -0.3 is 29.6 Å². The summed E-state index contributed by atoms with van der Waals surface area (Å²) >= 11 is 7.04. The van der Waals surface area contributed by atoms with Gasteiger partial charge in [-0.1, -0.05) is 11.6 Å². The highest BCUT2D eigenvalue weighted by Gasteiger charge is 2.27. The van der Waals surface area contributed by atoms with Gasteiger partial charge >= 0.3 is 11.9 Å². The van der Waals surface area contributed by atoms with Crippen LogP contribution in [-0.2, 0) is 14.3 Å². The fourth-order valence-corrected chi connectivity index (χ4v) is 4.41. The molecule has 0 spiro atoms. The number of hydrogen-bond acceptors (Lipinski definition) is 9. The van der Waals surface area contributed by atoms with Crippen LogP contribution in [0.3, 0.4) is 0 Å². The normalized spacial score (nSPS) is 12.0. The van der Waals surface area contributed by atoms with Crippen LogP contribution in [0.4, 0.5) is 5.00 Å². The van der Waals surface area contributed by atoms with E-state index in [1.54, 1.807) is 13.8 Å². The van der Waals surface area contributed by atoms with Crippen molar-refractivity contribution in [3.05, 3.63) is 38.7 Å². The Bertz CT molecular complexity index is 1110. The maximum atomic E-state index is 12.4. The van der Waals surface area contributed by atoms with E-state index in [1.807, 2.05) is 0 Å². The number of halogens is 1. The molecule has 33 heavy (non-hydrogen) atoms. The summed E-state index contributed by atoms with van der Waals surface area (Å²) < 4.78 is 20.9. The summed E-state index contributed by atoms with van der Waals surface area (Å²) in [5, 5.41) is 5.29. The Morgan fingerprint density at radius 3 is 2.55 bits per heavy atom. The van der Waals surface area contributed by atoms with Crippen LogP contribution in [0, 0.1) is 6.92 Å². The van der Waals surface area contributed by atoms with Crippen molar-refractivity contribution >= 4 is 51.7 Å². The molecule has 0 aliphatic carbocycles. The van der Waals surface area contributed by atoms with Crippen molar-refractivity contribution in [2.24, 2.45) is 0 Å². The minimum absolute atomic E-state index is 0.0683. The fraction of sp³-hybridized carbons (Fsp3) is 0.333. The average Bonchev–Trinajstić information content (AvgIpc) is 3.12. The number of ether oxygens (including phenoxy) is 4. The highest BCUT2D eigenvalue weighted by molar-refractivity contribution is 7.18. The first kappa shape index (κ1) is 24.3. The van der Waals surface area contributed by atoms with E-state index in [0.717, 1.165) is 11.3 Å². The van der Waals surface area contributed by atoms with Crippen LogP contribution >= 0.6 is 22.9 Å². The molecule has 0 fully saturated rings. The average molecular weight is 497 g/mol. The van der Waals surface area contributed by atoms with Crippen LogP contribution in [0.1, 0.15) is 42.9 Å². The number of carbonyl (C=O) groups excluding carboxylic acids is 4. The molecule has 1 aliphatic rings. The van der Waals surface area contributed by atoms with E-state index in [9.17, 15) is 19.2 Å². The molecule has 2 aromatic rings. The minimum Gasteiger partial charge on any atom is -0.486 e. The first-order valence-electron chi connectivity index (χ1n) is 9.85. The predicted molar refractivity (Wildman–Crippen MR) is 120 cm³/mol. The molecule has 0 saturated carbocycles. The van der Waals surface area contributed by atoms with Gasteiger partial charge in [0.05, 0.1) is 27.6 Å². The van der Waals surface area contributed by atoms with Gasteiger partial charge in [0.15, 0.2) is 18.1 Å². The monoisotopic (exact) mass is 496 g/mol. The van der Waals surface area contributed by atoms with E-state index in [2.05, 4.69) is 10.6 Å². The zero-order valence-electron chi connectivity index (χ0n) is 18.0. The van der Waals surface area contributed by atoms with Crippen molar-refractivity contribution in [3.63, 3.8) is 0 Å². The zero-order valence-corrected chi connectivity index (χ0v) is 19.6. The third-order valence-corrected chi connectivity index (χ3v) is 5.97. The molecule has 0 atom stereocenters. The number of anilines is 1. The highest BCUT2D eigenvalue weighted by Crippen LogP contribution is 2.38. The molecule has 2 amide bonds. The lowest BCUT2D eigenvalue weighted by atomic mass is 10.1. The summed E-state index contributed by atoms with van der Waals surface area (Å²) in [7, 11) is 1.45. The molecule has 2 N–H and O–H groups in total. The second kappa shape index (κ2) is 10.5. The molecule has 0 saturated heterocycles. The Labute approximate surface area is 198 Å². The van der Waals surface area contributed by atoms with Gasteiger partial charge in [0, 0.05) is 7.05 Å². The second-order valence-corrected chi connectivity index (χ2v) is 8.09. The minimum atomic E-state index is -0.803. The van der Waals surface area contributed by atoms with Crippen molar-refractivity contribution in [3.8, 4) is 11.5 Å². The molecule has 3 rings (SSSR count). The Kier molecular flexibility index (Phi) is 7.77. The third kappa shape index (κ3) is 5.37. The molecule has 176 valence electrons. The largest absolute Gasteiger partial charge is 0.486 e. The van der Waals surface area contributed by atoms with Crippen molar-refractivity contribution in [1.82, 2.24) is 5.32 Å². The quantitative estimate of drug-likeness (QED) is 0.560. The lowest BCUT2D eigenvalue weighted by Crippen LogP contribution is -2.22. The summed E-state index contributed by atoms with van der Waals surface area (Å²) in [5.74, 6) is -1.96. The number of esters is 2. The maximum Gasteiger partial charge on any atom is 0.341 e. The molecule has 12 heteroatoms. The number of carbonyl (C=O) groups is 4. The summed E-state index contributed by atoms with van der Waals surface area (Å²) in [5.41, 5.74) is 0.521. The Morgan fingerprint density at radius 1 is 1.12 bits per heavy atom. The highest BCUT2D eigenvalue weighted by atomic mass is 35.5. The van der Waals surface area contributed by atoms with Crippen LogP contribution in [0.2, 0.25) is 5.02 Å². The van der Waals surface area contributed by atoms with E-state index >= 15 is 0 Å². The van der Waals surface area contributed by atoms with E-state index in [1.165, 1.54) is 19.2 Å². The first-order valence-corrected chi connectivity index (χ1v) is 11.0. The van der Waals surface area contributed by atoms with Gasteiger partial charge in [-0.25, -0.2) is 9.59 Å². The predicted octanol–water partition coefficient (Wildman–Crippen LogP) is 2.81. The van der Waals surface area contributed by atoms with Gasteiger partial charge in [0.1, 0.15) is 18.2 Å². The fourth-order valence-electron chi connectivity index (χ4n) is 2.99. The van der Waals surface area contributed by atoms with E-state index < -0.39 is 30.4 Å². The summed E-state index contributed by atoms with van der Waals surface area (Å²) in [6.45, 7) is 3.35. The number of hydrogen-bond donors (Lipinski definition) is 2. The topological polar surface area (TPSA) is 129 Å². The van der Waals surface area contributed by atoms with Crippen molar-refractivity contribution < 1.29 is 38.1 Å². The lowest BCUT2D eigenvalue weighted by Gasteiger charge is -2.19. The van der Waals surface area contributed by atoms with Gasteiger partial charge in [0.2, 0.25) is 0 Å². The Balaban J connectivity index is 1.72. The molecule has 0 bridgehead atoms. The first-order chi connectivity index (χ1) is 15.8. The maximum absolute atomic E-state index is 12.4. The lowest BCUT2D eigenvalue weighted by molar-refractivity contribution is -0.119. The van der Waals surface area contributed by atoms with Gasteiger partial charge in [-0.15, -0.1) is 11.3 Å². The van der Waals surface area contributed by atoms with E-state index in [4.69, 9.17) is 30.5 Å². The summed E-state index contributed by atoms with van der Waals surface area (Å²) in [6.07, 6.45) is 0. The molecule has 0 unspecified atom stereocenters. The molecule has 1 aromatic heterocycles. The number of fused-ring (bicyclic) bond motifs is 1. The van der Waals surface area contributed by atoms with Crippen LogP contribution in [-0.4, -0.2) is 57.2 Å². The van der Waals surface area contributed by atoms with Crippen LogP contribution in [0.5, 0.6) is 11.5 Å².